The van der Waals surface area contributed by atoms with Crippen molar-refractivity contribution in [2.24, 2.45) is 10.9 Å². The predicted octanol–water partition coefficient (Wildman–Crippen LogP) is 1.95. The minimum atomic E-state index is 0.0549. The molecule has 1 unspecified atom stereocenters. The summed E-state index contributed by atoms with van der Waals surface area (Å²) in [6.07, 6.45) is 4.94. The number of hydrogen-bond acceptors (Lipinski definition) is 4. The molecule has 1 fully saturated rings. The van der Waals surface area contributed by atoms with Gasteiger partial charge in [-0.05, 0) is 31.9 Å². The SMILES string of the molecule is CC1CCCCCN1c1cccc(C(N)=NO)n1. The lowest BCUT2D eigenvalue weighted by molar-refractivity contribution is 0.318. The van der Waals surface area contributed by atoms with Crippen LogP contribution in [0.2, 0.25) is 0 Å². The van der Waals surface area contributed by atoms with Crippen molar-refractivity contribution in [1.29, 1.82) is 0 Å². The van der Waals surface area contributed by atoms with Gasteiger partial charge in [0.15, 0.2) is 5.84 Å². The molecule has 0 saturated carbocycles. The first kappa shape index (κ1) is 12.7. The van der Waals surface area contributed by atoms with Crippen LogP contribution in [0.5, 0.6) is 0 Å². The number of hydrogen-bond donors (Lipinski definition) is 2. The molecule has 2 rings (SSSR count). The molecular weight excluding hydrogens is 228 g/mol. The number of rotatable bonds is 2. The van der Waals surface area contributed by atoms with Gasteiger partial charge in [-0.1, -0.05) is 24.1 Å². The Bertz CT molecular complexity index is 433. The van der Waals surface area contributed by atoms with Crippen molar-refractivity contribution in [2.45, 2.75) is 38.6 Å². The van der Waals surface area contributed by atoms with E-state index < -0.39 is 0 Å². The molecule has 0 radical (unpaired) electrons. The molecule has 2 heterocycles. The van der Waals surface area contributed by atoms with Gasteiger partial charge in [-0.3, -0.25) is 0 Å². The van der Waals surface area contributed by atoms with Gasteiger partial charge in [0.25, 0.3) is 0 Å². The summed E-state index contributed by atoms with van der Waals surface area (Å²) in [5, 5.41) is 11.7. The average molecular weight is 248 g/mol. The number of amidine groups is 1. The van der Waals surface area contributed by atoms with E-state index in [4.69, 9.17) is 10.9 Å². The Labute approximate surface area is 107 Å². The summed E-state index contributed by atoms with van der Waals surface area (Å²) in [7, 11) is 0. The third-order valence-electron chi connectivity index (χ3n) is 3.45. The summed E-state index contributed by atoms with van der Waals surface area (Å²) in [6.45, 7) is 3.25. The monoisotopic (exact) mass is 248 g/mol. The predicted molar refractivity (Wildman–Crippen MR) is 72.0 cm³/mol. The molecular formula is C13H20N4O. The van der Waals surface area contributed by atoms with Crippen LogP contribution >= 0.6 is 0 Å². The number of aromatic nitrogens is 1. The Balaban J connectivity index is 2.26. The van der Waals surface area contributed by atoms with Crippen molar-refractivity contribution in [2.75, 3.05) is 11.4 Å². The van der Waals surface area contributed by atoms with Crippen molar-refractivity contribution < 1.29 is 5.21 Å². The normalized spacial score (nSPS) is 21.7. The summed E-state index contributed by atoms with van der Waals surface area (Å²) in [5.74, 6) is 0.966. The van der Waals surface area contributed by atoms with E-state index in [2.05, 4.69) is 22.0 Å². The Morgan fingerprint density at radius 2 is 2.28 bits per heavy atom. The maximum atomic E-state index is 8.70. The van der Waals surface area contributed by atoms with E-state index in [1.807, 2.05) is 12.1 Å². The average Bonchev–Trinajstić information content (AvgIpc) is 2.62. The largest absolute Gasteiger partial charge is 0.409 e. The zero-order chi connectivity index (χ0) is 13.0. The molecule has 5 heteroatoms. The van der Waals surface area contributed by atoms with Crippen molar-refractivity contribution in [1.82, 2.24) is 4.98 Å². The highest BCUT2D eigenvalue weighted by Crippen LogP contribution is 2.22. The number of nitrogens with zero attached hydrogens (tertiary/aromatic N) is 3. The number of nitrogens with two attached hydrogens (primary N) is 1. The number of pyridine rings is 1. The quantitative estimate of drug-likeness (QED) is 0.363. The molecule has 1 saturated heterocycles. The van der Waals surface area contributed by atoms with Crippen LogP contribution in [0.3, 0.4) is 0 Å². The molecule has 0 bridgehead atoms. The zero-order valence-corrected chi connectivity index (χ0v) is 10.7. The Kier molecular flexibility index (Phi) is 4.02. The lowest BCUT2D eigenvalue weighted by atomic mass is 10.1. The fourth-order valence-electron chi connectivity index (χ4n) is 2.39. The molecule has 1 aromatic rings. The van der Waals surface area contributed by atoms with E-state index in [1.54, 1.807) is 6.07 Å². The molecule has 18 heavy (non-hydrogen) atoms. The second-order valence-corrected chi connectivity index (χ2v) is 4.76. The lowest BCUT2D eigenvalue weighted by Gasteiger charge is -2.28. The first-order chi connectivity index (χ1) is 8.72. The third kappa shape index (κ3) is 2.72. The second-order valence-electron chi connectivity index (χ2n) is 4.76. The molecule has 1 aromatic heterocycles. The second kappa shape index (κ2) is 5.71. The van der Waals surface area contributed by atoms with Crippen LogP contribution in [0.1, 0.15) is 38.3 Å². The molecule has 1 aliphatic heterocycles. The Morgan fingerprint density at radius 1 is 1.44 bits per heavy atom. The smallest absolute Gasteiger partial charge is 0.188 e. The van der Waals surface area contributed by atoms with Gasteiger partial charge < -0.3 is 15.8 Å². The molecule has 1 aliphatic rings. The Hall–Kier alpha value is -1.78. The molecule has 98 valence electrons. The summed E-state index contributed by atoms with van der Waals surface area (Å²) < 4.78 is 0. The van der Waals surface area contributed by atoms with Crippen LogP contribution in [0.25, 0.3) is 0 Å². The van der Waals surface area contributed by atoms with Crippen LogP contribution in [0.4, 0.5) is 5.82 Å². The summed E-state index contributed by atoms with van der Waals surface area (Å²) >= 11 is 0. The van der Waals surface area contributed by atoms with Gasteiger partial charge in [0, 0.05) is 12.6 Å². The van der Waals surface area contributed by atoms with E-state index in [-0.39, 0.29) is 5.84 Å². The summed E-state index contributed by atoms with van der Waals surface area (Å²) in [5.41, 5.74) is 6.10. The number of anilines is 1. The first-order valence-corrected chi connectivity index (χ1v) is 6.44. The minimum absolute atomic E-state index is 0.0549. The molecule has 0 aliphatic carbocycles. The molecule has 3 N–H and O–H groups in total. The van der Waals surface area contributed by atoms with Crippen molar-refractivity contribution >= 4 is 11.7 Å². The standard InChI is InChI=1S/C13H20N4O/c1-10-6-3-2-4-9-17(10)12-8-5-7-11(15-12)13(14)16-18/h5,7-8,10,18H,2-4,6,9H2,1H3,(H2,14,16). The fourth-order valence-corrected chi connectivity index (χ4v) is 2.39. The van der Waals surface area contributed by atoms with Crippen molar-refractivity contribution in [3.05, 3.63) is 23.9 Å². The van der Waals surface area contributed by atoms with Crippen LogP contribution in [0, 0.1) is 0 Å². The van der Waals surface area contributed by atoms with Gasteiger partial charge >= 0.3 is 0 Å². The van der Waals surface area contributed by atoms with E-state index >= 15 is 0 Å². The van der Waals surface area contributed by atoms with E-state index in [1.165, 1.54) is 25.7 Å². The van der Waals surface area contributed by atoms with Gasteiger partial charge in [-0.15, -0.1) is 0 Å². The van der Waals surface area contributed by atoms with E-state index in [0.29, 0.717) is 11.7 Å². The van der Waals surface area contributed by atoms with Crippen molar-refractivity contribution in [3.8, 4) is 0 Å². The summed E-state index contributed by atoms with van der Waals surface area (Å²) in [4.78, 5) is 6.78. The molecule has 0 spiro atoms. The highest BCUT2D eigenvalue weighted by Gasteiger charge is 2.18. The first-order valence-electron chi connectivity index (χ1n) is 6.44. The van der Waals surface area contributed by atoms with Gasteiger partial charge in [0.05, 0.1) is 0 Å². The fraction of sp³-hybridized carbons (Fsp3) is 0.538. The van der Waals surface area contributed by atoms with Crippen LogP contribution < -0.4 is 10.6 Å². The van der Waals surface area contributed by atoms with Gasteiger partial charge in [-0.2, -0.15) is 0 Å². The van der Waals surface area contributed by atoms with E-state index in [9.17, 15) is 0 Å². The molecule has 1 atom stereocenters. The van der Waals surface area contributed by atoms with Crippen LogP contribution in [-0.4, -0.2) is 28.6 Å². The van der Waals surface area contributed by atoms with Gasteiger partial charge in [0.2, 0.25) is 0 Å². The van der Waals surface area contributed by atoms with Gasteiger partial charge in [0.1, 0.15) is 11.5 Å². The zero-order valence-electron chi connectivity index (χ0n) is 10.7. The van der Waals surface area contributed by atoms with Crippen LogP contribution in [0.15, 0.2) is 23.4 Å². The van der Waals surface area contributed by atoms with Crippen LogP contribution in [-0.2, 0) is 0 Å². The van der Waals surface area contributed by atoms with E-state index in [0.717, 1.165) is 12.4 Å². The maximum Gasteiger partial charge on any atom is 0.188 e. The van der Waals surface area contributed by atoms with Gasteiger partial charge in [-0.25, -0.2) is 4.98 Å². The lowest BCUT2D eigenvalue weighted by Crippen LogP contribution is -2.33. The number of oxime groups is 1. The molecule has 5 nitrogen and oxygen atoms in total. The Morgan fingerprint density at radius 3 is 3.06 bits per heavy atom. The van der Waals surface area contributed by atoms with Crippen molar-refractivity contribution in [3.63, 3.8) is 0 Å². The molecule has 0 aromatic carbocycles. The molecule has 0 amide bonds. The topological polar surface area (TPSA) is 74.7 Å². The third-order valence-corrected chi connectivity index (χ3v) is 3.45. The maximum absolute atomic E-state index is 8.70. The highest BCUT2D eigenvalue weighted by atomic mass is 16.4. The summed E-state index contributed by atoms with van der Waals surface area (Å²) in [6, 6.07) is 6.12. The highest BCUT2D eigenvalue weighted by molar-refractivity contribution is 5.95. The minimum Gasteiger partial charge on any atom is -0.409 e.